The minimum atomic E-state index is -4.09. The highest BCUT2D eigenvalue weighted by Crippen LogP contribution is 2.21. The average molecular weight is 353 g/mol. The molecule has 0 aromatic heterocycles. The topological polar surface area (TPSA) is 83.8 Å². The summed E-state index contributed by atoms with van der Waals surface area (Å²) in [7, 11) is -7.39. The zero-order chi connectivity index (χ0) is 17.1. The lowest BCUT2D eigenvalue weighted by Crippen LogP contribution is -2.19. The van der Waals surface area contributed by atoms with Gasteiger partial charge in [-0.2, -0.15) is 8.42 Å². The van der Waals surface area contributed by atoms with Gasteiger partial charge in [0.05, 0.1) is 26.5 Å². The Kier molecular flexibility index (Phi) is 5.23. The maximum absolute atomic E-state index is 13.1. The molecule has 0 bridgehead atoms. The maximum atomic E-state index is 13.1. The van der Waals surface area contributed by atoms with Crippen LogP contribution in [0.15, 0.2) is 68.2 Å². The zero-order valence-corrected chi connectivity index (χ0v) is 14.5. The van der Waals surface area contributed by atoms with E-state index in [9.17, 15) is 17.7 Å². The first kappa shape index (κ1) is 17.7. The molecule has 2 rings (SSSR count). The van der Waals surface area contributed by atoms with Gasteiger partial charge in [0, 0.05) is 4.90 Å². The molecule has 2 aromatic carbocycles. The van der Waals surface area contributed by atoms with E-state index in [2.05, 4.69) is 3.77 Å². The minimum Gasteiger partial charge on any atom is -0.392 e. The summed E-state index contributed by atoms with van der Waals surface area (Å²) in [6, 6.07) is 14.3. The molecule has 0 aliphatic heterocycles. The fourth-order valence-corrected chi connectivity index (χ4v) is 6.15. The van der Waals surface area contributed by atoms with Crippen molar-refractivity contribution in [1.82, 2.24) is 0 Å². The van der Waals surface area contributed by atoms with E-state index < -0.39 is 25.9 Å². The molecule has 1 N–H and O–H groups in total. The Bertz CT molecular complexity index is 879. The third kappa shape index (κ3) is 4.40. The molecular weight excluding hydrogens is 334 g/mol. The summed E-state index contributed by atoms with van der Waals surface area (Å²) < 4.78 is 41.8. The summed E-state index contributed by atoms with van der Waals surface area (Å²) in [4.78, 5) is 0.272. The maximum Gasteiger partial charge on any atom is 0.290 e. The van der Waals surface area contributed by atoms with Crippen LogP contribution in [0.2, 0.25) is 0 Å². The number of rotatable bonds is 5. The van der Waals surface area contributed by atoms with Gasteiger partial charge in [-0.15, -0.1) is 3.77 Å². The fraction of sp³-hybridized carbons (Fsp3) is 0.250. The van der Waals surface area contributed by atoms with Gasteiger partial charge in [0.25, 0.3) is 10.0 Å². The molecule has 124 valence electrons. The highest BCUT2D eigenvalue weighted by Gasteiger charge is 2.22. The molecule has 0 heterocycles. The van der Waals surface area contributed by atoms with E-state index in [1.54, 1.807) is 42.5 Å². The molecule has 0 aliphatic carbocycles. The van der Waals surface area contributed by atoms with Crippen molar-refractivity contribution in [2.75, 3.05) is 5.75 Å². The zero-order valence-electron chi connectivity index (χ0n) is 12.9. The standard InChI is InChI=1S/C16H19NO4S2/c1-13-8-10-16(11-9-13)23(20,21)17-22(19,12-14(2)18)15-6-4-3-5-7-15/h3-11,14,18H,12H2,1-2H3/t14-,22?/m0/s1. The molecular formula is C16H19NO4S2. The molecule has 2 aromatic rings. The molecule has 1 unspecified atom stereocenters. The Morgan fingerprint density at radius 3 is 2.04 bits per heavy atom. The second-order valence-electron chi connectivity index (χ2n) is 5.33. The van der Waals surface area contributed by atoms with Gasteiger partial charge in [-0.1, -0.05) is 35.9 Å². The third-order valence-corrected chi connectivity index (χ3v) is 7.68. The van der Waals surface area contributed by atoms with Gasteiger partial charge in [-0.25, -0.2) is 4.21 Å². The van der Waals surface area contributed by atoms with Gasteiger partial charge in [-0.05, 0) is 38.1 Å². The van der Waals surface area contributed by atoms with Crippen molar-refractivity contribution < 1.29 is 17.7 Å². The highest BCUT2D eigenvalue weighted by atomic mass is 32.3. The monoisotopic (exact) mass is 353 g/mol. The predicted octanol–water partition coefficient (Wildman–Crippen LogP) is 2.59. The molecule has 2 atom stereocenters. The second kappa shape index (κ2) is 6.82. The van der Waals surface area contributed by atoms with Gasteiger partial charge in [0.2, 0.25) is 0 Å². The number of hydrogen-bond donors (Lipinski definition) is 1. The fourth-order valence-electron chi connectivity index (χ4n) is 2.04. The Labute approximate surface area is 137 Å². The molecule has 0 spiro atoms. The third-order valence-electron chi connectivity index (χ3n) is 3.12. The first-order valence-corrected chi connectivity index (χ1v) is 10.2. The first-order valence-electron chi connectivity index (χ1n) is 7.04. The van der Waals surface area contributed by atoms with Gasteiger partial charge < -0.3 is 5.11 Å². The van der Waals surface area contributed by atoms with E-state index in [0.29, 0.717) is 0 Å². The predicted molar refractivity (Wildman–Crippen MR) is 90.2 cm³/mol. The largest absolute Gasteiger partial charge is 0.392 e. The molecule has 7 heteroatoms. The summed E-state index contributed by atoms with van der Waals surface area (Å²) in [5.41, 5.74) is 0.914. The number of aryl methyl sites for hydroxylation is 1. The van der Waals surface area contributed by atoms with Crippen LogP contribution < -0.4 is 0 Å². The normalized spacial score (nSPS) is 15.6. The van der Waals surface area contributed by atoms with Crippen LogP contribution in [0.1, 0.15) is 12.5 Å². The van der Waals surface area contributed by atoms with Gasteiger partial charge >= 0.3 is 0 Å². The SMILES string of the molecule is Cc1ccc(S(=O)(=O)N=S(=O)(C[C@H](C)O)c2ccccc2)cc1. The van der Waals surface area contributed by atoms with Gasteiger partial charge in [-0.3, -0.25) is 0 Å². The summed E-state index contributed by atoms with van der Waals surface area (Å²) in [6.07, 6.45) is -0.945. The summed E-state index contributed by atoms with van der Waals surface area (Å²) in [5, 5.41) is 9.62. The molecule has 5 nitrogen and oxygen atoms in total. The molecule has 0 radical (unpaired) electrons. The highest BCUT2D eigenvalue weighted by molar-refractivity contribution is 8.03. The summed E-state index contributed by atoms with van der Waals surface area (Å²) in [6.45, 7) is 3.30. The van der Waals surface area contributed by atoms with Crippen molar-refractivity contribution >= 4 is 19.8 Å². The summed E-state index contributed by atoms with van der Waals surface area (Å²) >= 11 is 0. The van der Waals surface area contributed by atoms with Crippen LogP contribution in [0.5, 0.6) is 0 Å². The van der Waals surface area contributed by atoms with Crippen molar-refractivity contribution in [2.45, 2.75) is 29.7 Å². The van der Waals surface area contributed by atoms with E-state index in [-0.39, 0.29) is 15.5 Å². The summed E-state index contributed by atoms with van der Waals surface area (Å²) in [5.74, 6) is -0.248. The van der Waals surface area contributed by atoms with Crippen LogP contribution >= 0.6 is 0 Å². The number of aliphatic hydroxyl groups excluding tert-OH is 1. The number of aliphatic hydroxyl groups is 1. The Balaban J connectivity index is 2.61. The van der Waals surface area contributed by atoms with E-state index in [1.165, 1.54) is 19.1 Å². The van der Waals surface area contributed by atoms with Crippen molar-refractivity contribution in [1.29, 1.82) is 0 Å². The number of sulfonamides is 1. The van der Waals surface area contributed by atoms with E-state index in [4.69, 9.17) is 0 Å². The minimum absolute atomic E-state index is 0.0163. The number of nitrogens with zero attached hydrogens (tertiary/aromatic N) is 1. The smallest absolute Gasteiger partial charge is 0.290 e. The molecule has 0 saturated carbocycles. The van der Waals surface area contributed by atoms with Crippen molar-refractivity contribution in [3.63, 3.8) is 0 Å². The first-order chi connectivity index (χ1) is 10.7. The lowest BCUT2D eigenvalue weighted by atomic mass is 10.2. The van der Waals surface area contributed by atoms with Crippen LogP contribution in [-0.2, 0) is 19.8 Å². The quantitative estimate of drug-likeness (QED) is 0.895. The lowest BCUT2D eigenvalue weighted by Gasteiger charge is -2.12. The molecule has 0 saturated heterocycles. The number of hydrogen-bond acceptors (Lipinski definition) is 4. The van der Waals surface area contributed by atoms with E-state index >= 15 is 0 Å². The Morgan fingerprint density at radius 2 is 1.52 bits per heavy atom. The van der Waals surface area contributed by atoms with Crippen molar-refractivity contribution in [3.8, 4) is 0 Å². The molecule has 23 heavy (non-hydrogen) atoms. The molecule has 0 aliphatic rings. The van der Waals surface area contributed by atoms with Crippen LogP contribution in [0.4, 0.5) is 0 Å². The second-order valence-corrected chi connectivity index (χ2v) is 9.44. The van der Waals surface area contributed by atoms with Crippen LogP contribution in [0.3, 0.4) is 0 Å². The van der Waals surface area contributed by atoms with Crippen molar-refractivity contribution in [2.24, 2.45) is 3.77 Å². The van der Waals surface area contributed by atoms with Crippen LogP contribution in [0.25, 0.3) is 0 Å². The Morgan fingerprint density at radius 1 is 0.957 bits per heavy atom. The average Bonchev–Trinajstić information content (AvgIpc) is 2.47. The van der Waals surface area contributed by atoms with E-state index in [1.807, 2.05) is 6.92 Å². The lowest BCUT2D eigenvalue weighted by molar-refractivity contribution is 0.219. The van der Waals surface area contributed by atoms with Gasteiger partial charge in [0.15, 0.2) is 0 Å². The Hall–Kier alpha value is -1.70. The molecule has 0 amide bonds. The van der Waals surface area contributed by atoms with Crippen molar-refractivity contribution in [3.05, 3.63) is 60.2 Å². The van der Waals surface area contributed by atoms with Crippen LogP contribution in [-0.4, -0.2) is 29.6 Å². The van der Waals surface area contributed by atoms with E-state index in [0.717, 1.165) is 5.56 Å². The molecule has 0 fully saturated rings. The van der Waals surface area contributed by atoms with Gasteiger partial charge in [0.1, 0.15) is 0 Å². The number of benzene rings is 2. The van der Waals surface area contributed by atoms with Crippen LogP contribution in [0, 0.1) is 6.92 Å².